The lowest BCUT2D eigenvalue weighted by molar-refractivity contribution is 0.415. The zero-order chi connectivity index (χ0) is 11.4. The zero-order valence-electron chi connectivity index (χ0n) is 9.63. The largest absolute Gasteiger partial charge is 0.497 e. The van der Waals surface area contributed by atoms with Crippen LogP contribution in [-0.2, 0) is 0 Å². The van der Waals surface area contributed by atoms with E-state index in [2.05, 4.69) is 28.1 Å². The monoisotopic (exact) mass is 280 g/mol. The standard InChI is InChI=1S/C14H17BrO/c1-16-13-9-7-12(8-10-13)14(15)11-5-3-2-4-6-11/h7-10H,2-6H2,1H3. The molecule has 0 unspecified atom stereocenters. The fourth-order valence-electron chi connectivity index (χ4n) is 2.14. The van der Waals surface area contributed by atoms with E-state index in [0.717, 1.165) is 5.75 Å². The number of ether oxygens (including phenoxy) is 1. The Labute approximate surface area is 106 Å². The second-order valence-corrected chi connectivity index (χ2v) is 5.00. The zero-order valence-corrected chi connectivity index (χ0v) is 11.2. The van der Waals surface area contributed by atoms with Gasteiger partial charge in [0.15, 0.2) is 0 Å². The highest BCUT2D eigenvalue weighted by molar-refractivity contribution is 9.15. The molecule has 86 valence electrons. The minimum Gasteiger partial charge on any atom is -0.497 e. The van der Waals surface area contributed by atoms with Crippen molar-refractivity contribution in [3.63, 3.8) is 0 Å². The van der Waals surface area contributed by atoms with Gasteiger partial charge in [-0.1, -0.05) is 40.1 Å². The molecule has 2 heteroatoms. The second kappa shape index (κ2) is 5.53. The molecule has 16 heavy (non-hydrogen) atoms. The highest BCUT2D eigenvalue weighted by Crippen LogP contribution is 2.34. The Morgan fingerprint density at radius 1 is 1.06 bits per heavy atom. The minimum atomic E-state index is 0.915. The van der Waals surface area contributed by atoms with Crippen molar-refractivity contribution in [1.29, 1.82) is 0 Å². The lowest BCUT2D eigenvalue weighted by Crippen LogP contribution is -1.95. The molecule has 0 amide bonds. The van der Waals surface area contributed by atoms with Crippen LogP contribution in [0.25, 0.3) is 4.48 Å². The maximum Gasteiger partial charge on any atom is 0.118 e. The summed E-state index contributed by atoms with van der Waals surface area (Å²) in [6.07, 6.45) is 6.53. The van der Waals surface area contributed by atoms with Crippen molar-refractivity contribution < 1.29 is 4.74 Å². The third-order valence-corrected chi connectivity index (χ3v) is 4.13. The topological polar surface area (TPSA) is 9.23 Å². The second-order valence-electron chi connectivity index (χ2n) is 4.21. The number of hydrogen-bond acceptors (Lipinski definition) is 1. The van der Waals surface area contributed by atoms with Gasteiger partial charge in [0.2, 0.25) is 0 Å². The van der Waals surface area contributed by atoms with E-state index in [1.54, 1.807) is 12.7 Å². The maximum atomic E-state index is 5.16. The minimum absolute atomic E-state index is 0.915. The molecule has 0 aromatic heterocycles. The van der Waals surface area contributed by atoms with Crippen LogP contribution in [0.15, 0.2) is 29.8 Å². The van der Waals surface area contributed by atoms with Crippen molar-refractivity contribution in [3.05, 3.63) is 35.4 Å². The molecule has 0 atom stereocenters. The van der Waals surface area contributed by atoms with Gasteiger partial charge in [0.1, 0.15) is 5.75 Å². The quantitative estimate of drug-likeness (QED) is 0.759. The van der Waals surface area contributed by atoms with Crippen molar-refractivity contribution >= 4 is 20.4 Å². The fraction of sp³-hybridized carbons (Fsp3) is 0.429. The van der Waals surface area contributed by atoms with Crippen molar-refractivity contribution in [2.45, 2.75) is 32.1 Å². The summed E-state index contributed by atoms with van der Waals surface area (Å²) in [6.45, 7) is 0. The molecular weight excluding hydrogens is 264 g/mol. The van der Waals surface area contributed by atoms with Gasteiger partial charge in [-0.05, 0) is 43.4 Å². The predicted octanol–water partition coefficient (Wildman–Crippen LogP) is 4.77. The van der Waals surface area contributed by atoms with E-state index in [0.29, 0.717) is 0 Å². The number of hydrogen-bond donors (Lipinski definition) is 0. The molecule has 0 N–H and O–H groups in total. The van der Waals surface area contributed by atoms with Gasteiger partial charge < -0.3 is 4.74 Å². The van der Waals surface area contributed by atoms with E-state index < -0.39 is 0 Å². The SMILES string of the molecule is COc1ccc(C(Br)=C2CCCCC2)cc1. The first-order valence-corrected chi connectivity index (χ1v) is 6.62. The number of allylic oxidation sites excluding steroid dienone is 1. The molecule has 1 aliphatic rings. The van der Waals surface area contributed by atoms with Crippen LogP contribution >= 0.6 is 15.9 Å². The summed E-state index contributed by atoms with van der Waals surface area (Å²) in [5, 5.41) is 0. The van der Waals surface area contributed by atoms with Crippen LogP contribution < -0.4 is 4.74 Å². The first kappa shape index (κ1) is 11.7. The number of halogens is 1. The highest BCUT2D eigenvalue weighted by atomic mass is 79.9. The van der Waals surface area contributed by atoms with E-state index >= 15 is 0 Å². The molecule has 0 saturated heterocycles. The van der Waals surface area contributed by atoms with E-state index in [1.165, 1.54) is 42.1 Å². The molecule has 1 aliphatic carbocycles. The van der Waals surface area contributed by atoms with E-state index in [-0.39, 0.29) is 0 Å². The normalized spacial score (nSPS) is 16.0. The van der Waals surface area contributed by atoms with Gasteiger partial charge in [-0.15, -0.1) is 0 Å². The fourth-order valence-corrected chi connectivity index (χ4v) is 2.80. The Morgan fingerprint density at radius 3 is 2.25 bits per heavy atom. The third kappa shape index (κ3) is 2.67. The first-order valence-electron chi connectivity index (χ1n) is 5.83. The van der Waals surface area contributed by atoms with Gasteiger partial charge in [0.05, 0.1) is 7.11 Å². The summed E-state index contributed by atoms with van der Waals surface area (Å²) in [6, 6.07) is 8.26. The third-order valence-electron chi connectivity index (χ3n) is 3.11. The van der Waals surface area contributed by atoms with Gasteiger partial charge in [0, 0.05) is 4.48 Å². The molecule has 1 aromatic rings. The maximum absolute atomic E-state index is 5.16. The Morgan fingerprint density at radius 2 is 1.69 bits per heavy atom. The highest BCUT2D eigenvalue weighted by Gasteiger charge is 2.10. The predicted molar refractivity (Wildman–Crippen MR) is 71.9 cm³/mol. The Balaban J connectivity index is 2.21. The Kier molecular flexibility index (Phi) is 4.05. The van der Waals surface area contributed by atoms with Crippen molar-refractivity contribution in [1.82, 2.24) is 0 Å². The van der Waals surface area contributed by atoms with Gasteiger partial charge in [-0.25, -0.2) is 0 Å². The van der Waals surface area contributed by atoms with Crippen LogP contribution in [0.1, 0.15) is 37.7 Å². The molecule has 1 fully saturated rings. The van der Waals surface area contributed by atoms with Crippen LogP contribution in [0.4, 0.5) is 0 Å². The molecule has 1 aromatic carbocycles. The lowest BCUT2D eigenvalue weighted by Gasteiger charge is -2.16. The van der Waals surface area contributed by atoms with Gasteiger partial charge in [0.25, 0.3) is 0 Å². The van der Waals surface area contributed by atoms with Crippen LogP contribution in [0.2, 0.25) is 0 Å². The molecule has 1 saturated carbocycles. The van der Waals surface area contributed by atoms with Crippen molar-refractivity contribution in [2.75, 3.05) is 7.11 Å². The molecule has 2 rings (SSSR count). The van der Waals surface area contributed by atoms with E-state index in [4.69, 9.17) is 4.74 Å². The van der Waals surface area contributed by atoms with Crippen LogP contribution in [0, 0.1) is 0 Å². The summed E-state index contributed by atoms with van der Waals surface area (Å²) >= 11 is 3.73. The smallest absolute Gasteiger partial charge is 0.118 e. The van der Waals surface area contributed by atoms with E-state index in [1.807, 2.05) is 12.1 Å². The molecule has 0 radical (unpaired) electrons. The summed E-state index contributed by atoms with van der Waals surface area (Å²) < 4.78 is 6.45. The number of methoxy groups -OCH3 is 1. The molecular formula is C14H17BrO. The van der Waals surface area contributed by atoms with Crippen LogP contribution in [-0.4, -0.2) is 7.11 Å². The number of benzene rings is 1. The summed E-state index contributed by atoms with van der Waals surface area (Å²) in [4.78, 5) is 0. The van der Waals surface area contributed by atoms with Crippen LogP contribution in [0.5, 0.6) is 5.75 Å². The molecule has 0 aliphatic heterocycles. The summed E-state index contributed by atoms with van der Waals surface area (Å²) in [5.74, 6) is 0.915. The first-order chi connectivity index (χ1) is 7.81. The molecule has 0 bridgehead atoms. The van der Waals surface area contributed by atoms with E-state index in [9.17, 15) is 0 Å². The molecule has 0 heterocycles. The van der Waals surface area contributed by atoms with Gasteiger partial charge >= 0.3 is 0 Å². The molecule has 1 nitrogen and oxygen atoms in total. The van der Waals surface area contributed by atoms with Crippen molar-refractivity contribution in [3.8, 4) is 5.75 Å². The molecule has 0 spiro atoms. The van der Waals surface area contributed by atoms with Crippen molar-refractivity contribution in [2.24, 2.45) is 0 Å². The lowest BCUT2D eigenvalue weighted by atomic mass is 9.93. The van der Waals surface area contributed by atoms with Crippen LogP contribution in [0.3, 0.4) is 0 Å². The average Bonchev–Trinajstić information content (AvgIpc) is 2.39. The average molecular weight is 281 g/mol. The van der Waals surface area contributed by atoms with Gasteiger partial charge in [-0.2, -0.15) is 0 Å². The Bertz CT molecular complexity index is 370. The number of rotatable bonds is 2. The summed E-state index contributed by atoms with van der Waals surface area (Å²) in [7, 11) is 1.70. The van der Waals surface area contributed by atoms with Gasteiger partial charge in [-0.3, -0.25) is 0 Å². The Hall–Kier alpha value is -0.760. The summed E-state index contributed by atoms with van der Waals surface area (Å²) in [5.41, 5.74) is 2.83.